The van der Waals surface area contributed by atoms with Crippen molar-refractivity contribution in [3.05, 3.63) is 39.9 Å². The van der Waals surface area contributed by atoms with Crippen molar-refractivity contribution in [3.8, 4) is 0 Å². The van der Waals surface area contributed by atoms with Crippen molar-refractivity contribution in [2.24, 2.45) is 5.92 Å². The molecule has 0 saturated carbocycles. The van der Waals surface area contributed by atoms with Crippen LogP contribution < -0.4 is 4.72 Å². The lowest BCUT2D eigenvalue weighted by Gasteiger charge is -2.05. The molecule has 0 fully saturated rings. The SMILES string of the molecule is CC(C)C(=O)NS(=O)(=O)c1nnc(CC(=O)c2ccc(Cl)cc2)s1. The maximum atomic E-state index is 12.1. The number of ketones is 1. The third kappa shape index (κ3) is 4.59. The molecule has 0 saturated heterocycles. The van der Waals surface area contributed by atoms with E-state index in [0.29, 0.717) is 10.6 Å². The molecule has 7 nitrogen and oxygen atoms in total. The Bertz CT molecular complexity index is 860. The second-order valence-corrected chi connectivity index (χ2v) is 8.55. The van der Waals surface area contributed by atoms with Crippen LogP contribution in [0.2, 0.25) is 5.02 Å². The molecule has 2 rings (SSSR count). The lowest BCUT2D eigenvalue weighted by Crippen LogP contribution is -2.33. The largest absolute Gasteiger partial charge is 0.294 e. The first-order valence-corrected chi connectivity index (χ1v) is 9.54. The molecule has 24 heavy (non-hydrogen) atoms. The molecule has 0 unspecified atom stereocenters. The third-order valence-corrected chi connectivity index (χ3v) is 5.80. The van der Waals surface area contributed by atoms with E-state index in [1.165, 1.54) is 0 Å². The van der Waals surface area contributed by atoms with Crippen molar-refractivity contribution in [2.75, 3.05) is 0 Å². The smallest absolute Gasteiger partial charge is 0.293 e. The fourth-order valence-electron chi connectivity index (χ4n) is 1.59. The van der Waals surface area contributed by atoms with Crippen LogP contribution in [0, 0.1) is 5.92 Å². The van der Waals surface area contributed by atoms with Crippen LogP contribution in [0.15, 0.2) is 28.6 Å². The molecule has 2 aromatic rings. The summed E-state index contributed by atoms with van der Waals surface area (Å²) in [6.07, 6.45) is -0.0903. The number of benzene rings is 1. The van der Waals surface area contributed by atoms with Crippen molar-refractivity contribution in [1.82, 2.24) is 14.9 Å². The van der Waals surface area contributed by atoms with E-state index in [4.69, 9.17) is 11.6 Å². The molecule has 0 spiro atoms. The third-order valence-electron chi connectivity index (χ3n) is 2.92. The highest BCUT2D eigenvalue weighted by Crippen LogP contribution is 2.18. The molecule has 10 heteroatoms. The van der Waals surface area contributed by atoms with Gasteiger partial charge in [-0.15, -0.1) is 10.2 Å². The van der Waals surface area contributed by atoms with Gasteiger partial charge in [-0.25, -0.2) is 4.72 Å². The Labute approximate surface area is 148 Å². The average molecular weight is 388 g/mol. The van der Waals surface area contributed by atoms with Gasteiger partial charge in [0.1, 0.15) is 5.01 Å². The van der Waals surface area contributed by atoms with Crippen molar-refractivity contribution < 1.29 is 18.0 Å². The second-order valence-electron chi connectivity index (χ2n) is 5.19. The molecule has 0 aliphatic carbocycles. The van der Waals surface area contributed by atoms with E-state index in [-0.39, 0.29) is 21.6 Å². The number of nitrogens with zero attached hydrogens (tertiary/aromatic N) is 2. The van der Waals surface area contributed by atoms with E-state index in [2.05, 4.69) is 10.2 Å². The molecule has 0 aliphatic heterocycles. The minimum Gasteiger partial charge on any atom is -0.294 e. The van der Waals surface area contributed by atoms with Crippen molar-refractivity contribution >= 4 is 44.7 Å². The molecule has 1 aromatic heterocycles. The van der Waals surface area contributed by atoms with E-state index < -0.39 is 21.8 Å². The first-order chi connectivity index (χ1) is 11.2. The fraction of sp³-hybridized carbons (Fsp3) is 0.286. The minimum absolute atomic E-state index is 0.0903. The van der Waals surface area contributed by atoms with Gasteiger partial charge in [-0.1, -0.05) is 36.8 Å². The van der Waals surface area contributed by atoms with Gasteiger partial charge in [-0.2, -0.15) is 8.42 Å². The zero-order valence-electron chi connectivity index (χ0n) is 12.8. The van der Waals surface area contributed by atoms with Gasteiger partial charge in [0.2, 0.25) is 5.91 Å². The Morgan fingerprint density at radius 2 is 1.83 bits per heavy atom. The normalized spacial score (nSPS) is 11.5. The number of nitrogens with one attached hydrogen (secondary N) is 1. The number of rotatable bonds is 6. The minimum atomic E-state index is -4.07. The van der Waals surface area contributed by atoms with Gasteiger partial charge in [0.05, 0.1) is 6.42 Å². The first-order valence-electron chi connectivity index (χ1n) is 6.87. The summed E-state index contributed by atoms with van der Waals surface area (Å²) in [5.41, 5.74) is 0.437. The number of aromatic nitrogens is 2. The lowest BCUT2D eigenvalue weighted by atomic mass is 10.1. The number of carbonyl (C=O) groups is 2. The van der Waals surface area contributed by atoms with E-state index in [9.17, 15) is 18.0 Å². The Hall–Kier alpha value is -1.84. The van der Waals surface area contributed by atoms with Gasteiger partial charge in [-0.3, -0.25) is 9.59 Å². The zero-order valence-corrected chi connectivity index (χ0v) is 15.2. The molecule has 1 N–H and O–H groups in total. The molecule has 128 valence electrons. The highest BCUT2D eigenvalue weighted by molar-refractivity contribution is 7.92. The summed E-state index contributed by atoms with van der Waals surface area (Å²) in [6, 6.07) is 6.33. The van der Waals surface area contributed by atoms with Crippen LogP contribution in [0.1, 0.15) is 29.2 Å². The summed E-state index contributed by atoms with van der Waals surface area (Å²) < 4.78 is 25.6. The molecule has 1 aromatic carbocycles. The van der Waals surface area contributed by atoms with Crippen LogP contribution in [0.3, 0.4) is 0 Å². The average Bonchev–Trinajstić information content (AvgIpc) is 2.96. The number of carbonyl (C=O) groups excluding carboxylic acids is 2. The van der Waals surface area contributed by atoms with Gasteiger partial charge >= 0.3 is 0 Å². The summed E-state index contributed by atoms with van der Waals surface area (Å²) >= 11 is 6.51. The predicted octanol–water partition coefficient (Wildman–Crippen LogP) is 2.08. The molecule has 1 amide bonds. The number of halogens is 1. The summed E-state index contributed by atoms with van der Waals surface area (Å²) in [7, 11) is -4.07. The predicted molar refractivity (Wildman–Crippen MR) is 89.6 cm³/mol. The lowest BCUT2D eigenvalue weighted by molar-refractivity contribution is -0.122. The van der Waals surface area contributed by atoms with E-state index in [1.54, 1.807) is 38.1 Å². The van der Waals surface area contributed by atoms with Crippen LogP contribution in [0.4, 0.5) is 0 Å². The zero-order chi connectivity index (χ0) is 17.9. The highest BCUT2D eigenvalue weighted by atomic mass is 35.5. The fourth-order valence-corrected chi connectivity index (χ4v) is 3.87. The van der Waals surface area contributed by atoms with Gasteiger partial charge in [0.25, 0.3) is 14.4 Å². The number of amides is 1. The quantitative estimate of drug-likeness (QED) is 0.760. The first kappa shape index (κ1) is 18.5. The second kappa shape index (κ2) is 7.37. The number of Topliss-reactive ketones (excluding diaryl/α,β-unsaturated/α-hetero) is 1. The molecular weight excluding hydrogens is 374 g/mol. The number of sulfonamides is 1. The van der Waals surface area contributed by atoms with Gasteiger partial charge < -0.3 is 0 Å². The monoisotopic (exact) mass is 387 g/mol. The maximum Gasteiger partial charge on any atom is 0.293 e. The molecule has 0 atom stereocenters. The molecule has 0 radical (unpaired) electrons. The Kier molecular flexibility index (Phi) is 5.68. The summed E-state index contributed by atoms with van der Waals surface area (Å²) in [5, 5.41) is 8.02. The van der Waals surface area contributed by atoms with Crippen LogP contribution in [-0.2, 0) is 21.2 Å². The van der Waals surface area contributed by atoms with E-state index in [1.807, 2.05) is 4.72 Å². The van der Waals surface area contributed by atoms with Crippen LogP contribution >= 0.6 is 22.9 Å². The maximum absolute atomic E-state index is 12.1. The van der Waals surface area contributed by atoms with Gasteiger partial charge in [-0.05, 0) is 24.3 Å². The molecular formula is C14H14ClN3O4S2. The number of hydrogen-bond donors (Lipinski definition) is 1. The Balaban J connectivity index is 2.11. The number of hydrogen-bond acceptors (Lipinski definition) is 7. The topological polar surface area (TPSA) is 106 Å². The highest BCUT2D eigenvalue weighted by Gasteiger charge is 2.24. The standard InChI is InChI=1S/C14H14ClN3O4S2/c1-8(2)13(20)18-24(21,22)14-17-16-12(23-14)7-11(19)9-3-5-10(15)6-4-9/h3-6,8H,7H2,1-2H3,(H,18,20). The van der Waals surface area contributed by atoms with Gasteiger partial charge in [0, 0.05) is 16.5 Å². The van der Waals surface area contributed by atoms with Crippen LogP contribution in [0.5, 0.6) is 0 Å². The molecule has 0 aliphatic rings. The summed E-state index contributed by atoms with van der Waals surface area (Å²) in [5.74, 6) is -1.36. The Morgan fingerprint density at radius 3 is 2.42 bits per heavy atom. The van der Waals surface area contributed by atoms with E-state index in [0.717, 1.165) is 11.3 Å². The van der Waals surface area contributed by atoms with Crippen molar-refractivity contribution in [1.29, 1.82) is 0 Å². The summed E-state index contributed by atoms with van der Waals surface area (Å²) in [4.78, 5) is 23.7. The van der Waals surface area contributed by atoms with E-state index >= 15 is 0 Å². The molecule has 1 heterocycles. The van der Waals surface area contributed by atoms with Gasteiger partial charge in [0.15, 0.2) is 5.78 Å². The summed E-state index contributed by atoms with van der Waals surface area (Å²) in [6.45, 7) is 3.14. The Morgan fingerprint density at radius 1 is 1.21 bits per heavy atom. The molecule has 0 bridgehead atoms. The van der Waals surface area contributed by atoms with Crippen LogP contribution in [0.25, 0.3) is 0 Å². The van der Waals surface area contributed by atoms with Crippen LogP contribution in [-0.4, -0.2) is 30.3 Å². The van der Waals surface area contributed by atoms with Crippen molar-refractivity contribution in [2.45, 2.75) is 24.6 Å². The van der Waals surface area contributed by atoms with Crippen molar-refractivity contribution in [3.63, 3.8) is 0 Å².